The second-order valence-corrected chi connectivity index (χ2v) is 5.82. The molecule has 1 aromatic carbocycles. The van der Waals surface area contributed by atoms with Gasteiger partial charge in [-0.15, -0.1) is 0 Å². The highest BCUT2D eigenvalue weighted by atomic mass is 16.5. The highest BCUT2D eigenvalue weighted by Gasteiger charge is 2.25. The smallest absolute Gasteiger partial charge is 0.314 e. The number of hydrogen-bond acceptors (Lipinski definition) is 3. The molecule has 0 spiro atoms. The lowest BCUT2D eigenvalue weighted by atomic mass is 9.88. The van der Waals surface area contributed by atoms with Crippen LogP contribution in [0.5, 0.6) is 5.75 Å². The molecule has 23 heavy (non-hydrogen) atoms. The number of ether oxygens (including phenoxy) is 2. The predicted octanol–water partition coefficient (Wildman–Crippen LogP) is 4.34. The minimum Gasteiger partial charge on any atom is -0.494 e. The van der Waals surface area contributed by atoms with Gasteiger partial charge in [-0.3, -0.25) is 4.79 Å². The SMILES string of the molecule is C=C(C)CC#CCOC(=O)C(c1ccc(OCC)cc1)C(C)C. The average molecular weight is 314 g/mol. The molecule has 3 heteroatoms. The van der Waals surface area contributed by atoms with Crippen LogP contribution >= 0.6 is 0 Å². The Kier molecular flexibility index (Phi) is 7.97. The van der Waals surface area contributed by atoms with E-state index in [1.165, 1.54) is 0 Å². The fourth-order valence-electron chi connectivity index (χ4n) is 2.19. The molecule has 0 radical (unpaired) electrons. The van der Waals surface area contributed by atoms with E-state index >= 15 is 0 Å². The maximum absolute atomic E-state index is 12.4. The van der Waals surface area contributed by atoms with E-state index in [1.807, 2.05) is 52.0 Å². The Morgan fingerprint density at radius 1 is 1.22 bits per heavy atom. The summed E-state index contributed by atoms with van der Waals surface area (Å²) >= 11 is 0. The number of allylic oxidation sites excluding steroid dienone is 1. The maximum Gasteiger partial charge on any atom is 0.314 e. The molecule has 1 atom stereocenters. The van der Waals surface area contributed by atoms with Gasteiger partial charge in [-0.2, -0.15) is 0 Å². The van der Waals surface area contributed by atoms with Gasteiger partial charge in [-0.25, -0.2) is 0 Å². The molecule has 0 aliphatic carbocycles. The van der Waals surface area contributed by atoms with E-state index in [2.05, 4.69) is 18.4 Å². The van der Waals surface area contributed by atoms with Crippen LogP contribution in [0.3, 0.4) is 0 Å². The molecule has 124 valence electrons. The zero-order valence-corrected chi connectivity index (χ0v) is 14.5. The molecule has 0 fully saturated rings. The number of hydrogen-bond donors (Lipinski definition) is 0. The molecule has 0 amide bonds. The van der Waals surface area contributed by atoms with Crippen LogP contribution in [0.2, 0.25) is 0 Å². The first-order valence-electron chi connectivity index (χ1n) is 7.95. The highest BCUT2D eigenvalue weighted by Crippen LogP contribution is 2.27. The van der Waals surface area contributed by atoms with Crippen molar-refractivity contribution in [3.63, 3.8) is 0 Å². The molecule has 0 saturated heterocycles. The van der Waals surface area contributed by atoms with Gasteiger partial charge in [0.25, 0.3) is 0 Å². The summed E-state index contributed by atoms with van der Waals surface area (Å²) in [5.41, 5.74) is 1.93. The summed E-state index contributed by atoms with van der Waals surface area (Å²) in [6.07, 6.45) is 0.629. The van der Waals surface area contributed by atoms with E-state index in [0.29, 0.717) is 13.0 Å². The Bertz CT molecular complexity index is 573. The van der Waals surface area contributed by atoms with Crippen molar-refractivity contribution in [1.29, 1.82) is 0 Å². The van der Waals surface area contributed by atoms with Gasteiger partial charge in [0.05, 0.1) is 12.5 Å². The van der Waals surface area contributed by atoms with Gasteiger partial charge >= 0.3 is 5.97 Å². The first-order valence-corrected chi connectivity index (χ1v) is 7.95. The van der Waals surface area contributed by atoms with Crippen LogP contribution in [-0.4, -0.2) is 19.2 Å². The third-order valence-electron chi connectivity index (χ3n) is 3.27. The zero-order valence-electron chi connectivity index (χ0n) is 14.5. The Morgan fingerprint density at radius 3 is 2.39 bits per heavy atom. The Hall–Kier alpha value is -2.21. The summed E-state index contributed by atoms with van der Waals surface area (Å²) in [5, 5.41) is 0. The van der Waals surface area contributed by atoms with Crippen LogP contribution in [-0.2, 0) is 9.53 Å². The molecular weight excluding hydrogens is 288 g/mol. The lowest BCUT2D eigenvalue weighted by Gasteiger charge is -2.19. The van der Waals surface area contributed by atoms with Crippen molar-refractivity contribution in [3.05, 3.63) is 42.0 Å². The topological polar surface area (TPSA) is 35.5 Å². The fraction of sp³-hybridized carbons (Fsp3) is 0.450. The number of carbonyl (C=O) groups excluding carboxylic acids is 1. The van der Waals surface area contributed by atoms with E-state index in [1.54, 1.807) is 0 Å². The van der Waals surface area contributed by atoms with Crippen molar-refractivity contribution in [2.24, 2.45) is 5.92 Å². The Morgan fingerprint density at radius 2 is 1.87 bits per heavy atom. The van der Waals surface area contributed by atoms with Crippen molar-refractivity contribution in [2.45, 2.75) is 40.0 Å². The summed E-state index contributed by atoms with van der Waals surface area (Å²) in [7, 11) is 0. The molecule has 0 aliphatic heterocycles. The maximum atomic E-state index is 12.4. The van der Waals surface area contributed by atoms with Gasteiger partial charge in [0.2, 0.25) is 0 Å². The lowest BCUT2D eigenvalue weighted by Crippen LogP contribution is -2.21. The van der Waals surface area contributed by atoms with Crippen LogP contribution in [0.1, 0.15) is 45.6 Å². The first kappa shape index (κ1) is 18.8. The summed E-state index contributed by atoms with van der Waals surface area (Å²) < 4.78 is 10.7. The van der Waals surface area contributed by atoms with Crippen molar-refractivity contribution in [3.8, 4) is 17.6 Å². The van der Waals surface area contributed by atoms with Crippen LogP contribution in [0.15, 0.2) is 36.4 Å². The number of benzene rings is 1. The molecule has 1 aromatic rings. The van der Waals surface area contributed by atoms with Gasteiger partial charge in [-0.1, -0.05) is 50.0 Å². The predicted molar refractivity (Wildman–Crippen MR) is 93.4 cm³/mol. The summed E-state index contributed by atoms with van der Waals surface area (Å²) in [6.45, 7) is 12.4. The molecule has 0 bridgehead atoms. The van der Waals surface area contributed by atoms with Gasteiger partial charge in [0.1, 0.15) is 5.75 Å². The highest BCUT2D eigenvalue weighted by molar-refractivity contribution is 5.78. The first-order chi connectivity index (χ1) is 11.0. The van der Waals surface area contributed by atoms with Crippen molar-refractivity contribution in [2.75, 3.05) is 13.2 Å². The Labute approximate surface area is 139 Å². The van der Waals surface area contributed by atoms with E-state index < -0.39 is 0 Å². The van der Waals surface area contributed by atoms with Gasteiger partial charge in [-0.05, 0) is 37.5 Å². The molecule has 0 heterocycles. The molecule has 0 aromatic heterocycles. The molecular formula is C20H26O3. The molecule has 0 N–H and O–H groups in total. The van der Waals surface area contributed by atoms with Crippen LogP contribution < -0.4 is 4.74 Å². The molecule has 1 rings (SSSR count). The van der Waals surface area contributed by atoms with Crippen LogP contribution in [0, 0.1) is 17.8 Å². The second kappa shape index (κ2) is 9.74. The van der Waals surface area contributed by atoms with Crippen molar-refractivity contribution < 1.29 is 14.3 Å². The third kappa shape index (κ3) is 6.61. The van der Waals surface area contributed by atoms with Crippen LogP contribution in [0.4, 0.5) is 0 Å². The van der Waals surface area contributed by atoms with E-state index in [-0.39, 0.29) is 24.4 Å². The quantitative estimate of drug-likeness (QED) is 0.427. The normalized spacial score (nSPS) is 11.3. The van der Waals surface area contributed by atoms with Gasteiger partial charge in [0.15, 0.2) is 6.61 Å². The van der Waals surface area contributed by atoms with Gasteiger partial charge in [0, 0.05) is 6.42 Å². The summed E-state index contributed by atoms with van der Waals surface area (Å²) in [4.78, 5) is 12.4. The minimum absolute atomic E-state index is 0.117. The lowest BCUT2D eigenvalue weighted by molar-refractivity contribution is -0.145. The number of rotatable bonds is 7. The van der Waals surface area contributed by atoms with E-state index in [4.69, 9.17) is 9.47 Å². The molecule has 1 unspecified atom stereocenters. The minimum atomic E-state index is -0.298. The van der Waals surface area contributed by atoms with Crippen LogP contribution in [0.25, 0.3) is 0 Å². The number of carbonyl (C=O) groups is 1. The van der Waals surface area contributed by atoms with Crippen molar-refractivity contribution in [1.82, 2.24) is 0 Å². The average Bonchev–Trinajstić information content (AvgIpc) is 2.48. The van der Waals surface area contributed by atoms with E-state index in [9.17, 15) is 4.79 Å². The second-order valence-electron chi connectivity index (χ2n) is 5.82. The van der Waals surface area contributed by atoms with E-state index in [0.717, 1.165) is 16.9 Å². The fourth-order valence-corrected chi connectivity index (χ4v) is 2.19. The molecule has 3 nitrogen and oxygen atoms in total. The molecule has 0 saturated carbocycles. The Balaban J connectivity index is 2.71. The largest absolute Gasteiger partial charge is 0.494 e. The summed E-state index contributed by atoms with van der Waals surface area (Å²) in [5.74, 6) is 6.18. The molecule has 0 aliphatic rings. The zero-order chi connectivity index (χ0) is 17.2. The third-order valence-corrected chi connectivity index (χ3v) is 3.27. The van der Waals surface area contributed by atoms with Crippen molar-refractivity contribution >= 4 is 5.97 Å². The monoisotopic (exact) mass is 314 g/mol. The van der Waals surface area contributed by atoms with Gasteiger partial charge < -0.3 is 9.47 Å². The standard InChI is InChI=1S/C20H26O3/c1-6-22-18-12-10-17(11-13-18)19(16(4)5)20(21)23-14-8-7-9-15(2)3/h10-13,16,19H,2,6,9,14H2,1,3-5H3. The summed E-state index contributed by atoms with van der Waals surface area (Å²) in [6, 6.07) is 7.61. The number of esters is 1.